The van der Waals surface area contributed by atoms with Crippen molar-refractivity contribution in [1.29, 1.82) is 0 Å². The number of hydrogen-bond donors (Lipinski definition) is 1. The van der Waals surface area contributed by atoms with Gasteiger partial charge in [0.1, 0.15) is 12.4 Å². The average molecular weight is 327 g/mol. The molecule has 0 atom stereocenters. The van der Waals surface area contributed by atoms with E-state index in [0.717, 1.165) is 16.9 Å². The van der Waals surface area contributed by atoms with Crippen molar-refractivity contribution in [2.24, 2.45) is 0 Å². The van der Waals surface area contributed by atoms with Crippen LogP contribution in [0.1, 0.15) is 25.0 Å². The lowest BCUT2D eigenvalue weighted by Gasteiger charge is -2.10. The van der Waals surface area contributed by atoms with Crippen LogP contribution in [-0.2, 0) is 27.4 Å². The van der Waals surface area contributed by atoms with Crippen molar-refractivity contribution in [3.63, 3.8) is 0 Å². The molecule has 0 aliphatic rings. The van der Waals surface area contributed by atoms with E-state index >= 15 is 0 Å². The predicted molar refractivity (Wildman–Crippen MR) is 91.9 cm³/mol. The summed E-state index contributed by atoms with van der Waals surface area (Å²) in [5, 5.41) is 2.68. The smallest absolute Gasteiger partial charge is 0.310 e. The minimum absolute atomic E-state index is 0.130. The third kappa shape index (κ3) is 5.43. The molecule has 0 fully saturated rings. The Kier molecular flexibility index (Phi) is 6.37. The first-order valence-corrected chi connectivity index (χ1v) is 7.81. The van der Waals surface area contributed by atoms with Gasteiger partial charge in [0.2, 0.25) is 5.91 Å². The van der Waals surface area contributed by atoms with Gasteiger partial charge in [0, 0.05) is 18.2 Å². The minimum atomic E-state index is -0.312. The Morgan fingerprint density at radius 2 is 1.75 bits per heavy atom. The molecular weight excluding hydrogens is 306 g/mol. The molecule has 0 spiro atoms. The molecule has 2 aromatic carbocycles. The summed E-state index contributed by atoms with van der Waals surface area (Å²) in [4.78, 5) is 23.0. The highest BCUT2D eigenvalue weighted by Crippen LogP contribution is 2.19. The van der Waals surface area contributed by atoms with Gasteiger partial charge in [-0.05, 0) is 30.7 Å². The lowest BCUT2D eigenvalue weighted by Crippen LogP contribution is -2.09. The first-order valence-electron chi connectivity index (χ1n) is 7.81. The highest BCUT2D eigenvalue weighted by molar-refractivity contribution is 5.88. The van der Waals surface area contributed by atoms with Gasteiger partial charge in [-0.3, -0.25) is 9.59 Å². The van der Waals surface area contributed by atoms with Crippen LogP contribution in [0.5, 0.6) is 5.75 Å². The van der Waals surface area contributed by atoms with E-state index in [1.807, 2.05) is 31.2 Å². The molecule has 0 aromatic heterocycles. The molecule has 1 N–H and O–H groups in total. The van der Waals surface area contributed by atoms with Gasteiger partial charge in [-0.2, -0.15) is 0 Å². The summed E-state index contributed by atoms with van der Waals surface area (Å²) in [6.07, 6.45) is 0.178. The van der Waals surface area contributed by atoms with E-state index < -0.39 is 0 Å². The van der Waals surface area contributed by atoms with Gasteiger partial charge in [-0.25, -0.2) is 0 Å². The fraction of sp³-hybridized carbons (Fsp3) is 0.263. The largest absolute Gasteiger partial charge is 0.493 e. The van der Waals surface area contributed by atoms with Gasteiger partial charge >= 0.3 is 5.97 Å². The number of amides is 1. The molecule has 126 valence electrons. The van der Waals surface area contributed by atoms with Crippen LogP contribution in [0.15, 0.2) is 48.5 Å². The maximum atomic E-state index is 12.0. The van der Waals surface area contributed by atoms with Gasteiger partial charge in [-0.1, -0.05) is 30.3 Å². The lowest BCUT2D eigenvalue weighted by molar-refractivity contribution is -0.144. The third-order valence-corrected chi connectivity index (χ3v) is 3.28. The van der Waals surface area contributed by atoms with Crippen molar-refractivity contribution in [2.45, 2.75) is 26.9 Å². The highest BCUT2D eigenvalue weighted by Gasteiger charge is 2.08. The van der Waals surface area contributed by atoms with E-state index in [1.54, 1.807) is 24.3 Å². The van der Waals surface area contributed by atoms with Crippen LogP contribution < -0.4 is 10.1 Å². The highest BCUT2D eigenvalue weighted by atomic mass is 16.5. The maximum Gasteiger partial charge on any atom is 0.310 e. The molecule has 2 rings (SSSR count). The van der Waals surface area contributed by atoms with Crippen molar-refractivity contribution in [3.8, 4) is 5.75 Å². The molecular formula is C19H21NO4. The Morgan fingerprint density at radius 1 is 1.04 bits per heavy atom. The summed E-state index contributed by atoms with van der Waals surface area (Å²) in [5.74, 6) is 0.288. The zero-order valence-corrected chi connectivity index (χ0v) is 13.9. The van der Waals surface area contributed by atoms with Crippen LogP contribution in [0.3, 0.4) is 0 Å². The standard InChI is InChI=1S/C19H21NO4/c1-3-23-18-7-5-4-6-16(18)13-24-19(22)12-15-8-10-17(11-9-15)20-14(2)21/h4-11H,3,12-13H2,1-2H3,(H,20,21). The summed E-state index contributed by atoms with van der Waals surface area (Å²) >= 11 is 0. The molecule has 0 heterocycles. The molecule has 2 aromatic rings. The topological polar surface area (TPSA) is 64.6 Å². The number of benzene rings is 2. The molecule has 1 amide bonds. The molecule has 5 nitrogen and oxygen atoms in total. The molecule has 0 bridgehead atoms. The van der Waals surface area contributed by atoms with Crippen LogP contribution in [-0.4, -0.2) is 18.5 Å². The first kappa shape index (κ1) is 17.5. The van der Waals surface area contributed by atoms with Crippen LogP contribution in [0.25, 0.3) is 0 Å². The quantitative estimate of drug-likeness (QED) is 0.792. The van der Waals surface area contributed by atoms with Crippen molar-refractivity contribution in [2.75, 3.05) is 11.9 Å². The Balaban J connectivity index is 1.88. The molecule has 0 aliphatic heterocycles. The maximum absolute atomic E-state index is 12.0. The van der Waals surface area contributed by atoms with Crippen LogP contribution >= 0.6 is 0 Å². The Hall–Kier alpha value is -2.82. The van der Waals surface area contributed by atoms with Gasteiger partial charge in [-0.15, -0.1) is 0 Å². The summed E-state index contributed by atoms with van der Waals surface area (Å²) in [7, 11) is 0. The van der Waals surface area contributed by atoms with Crippen LogP contribution in [0.2, 0.25) is 0 Å². The molecule has 0 aliphatic carbocycles. The number of carbonyl (C=O) groups excluding carboxylic acids is 2. The van der Waals surface area contributed by atoms with Crippen molar-refractivity contribution in [3.05, 3.63) is 59.7 Å². The molecule has 0 saturated carbocycles. The summed E-state index contributed by atoms with van der Waals surface area (Å²) in [5.41, 5.74) is 2.37. The number of carbonyl (C=O) groups is 2. The zero-order valence-electron chi connectivity index (χ0n) is 13.9. The number of para-hydroxylation sites is 1. The SMILES string of the molecule is CCOc1ccccc1COC(=O)Cc1ccc(NC(C)=O)cc1. The second-order valence-electron chi connectivity index (χ2n) is 5.26. The normalized spacial score (nSPS) is 10.1. The Morgan fingerprint density at radius 3 is 2.42 bits per heavy atom. The minimum Gasteiger partial charge on any atom is -0.493 e. The van der Waals surface area contributed by atoms with Crippen molar-refractivity contribution in [1.82, 2.24) is 0 Å². The third-order valence-electron chi connectivity index (χ3n) is 3.28. The van der Waals surface area contributed by atoms with Crippen LogP contribution in [0.4, 0.5) is 5.69 Å². The average Bonchev–Trinajstić information content (AvgIpc) is 2.56. The molecule has 0 unspecified atom stereocenters. The predicted octanol–water partition coefficient (Wildman–Crippen LogP) is 3.33. The van der Waals surface area contributed by atoms with Gasteiger partial charge in [0.05, 0.1) is 13.0 Å². The molecule has 0 saturated heterocycles. The van der Waals surface area contributed by atoms with E-state index in [-0.39, 0.29) is 24.9 Å². The number of hydrogen-bond acceptors (Lipinski definition) is 4. The molecule has 24 heavy (non-hydrogen) atoms. The summed E-state index contributed by atoms with van der Waals surface area (Å²) in [6, 6.07) is 14.6. The molecule has 0 radical (unpaired) electrons. The van der Waals surface area contributed by atoms with Gasteiger partial charge < -0.3 is 14.8 Å². The van der Waals surface area contributed by atoms with Crippen molar-refractivity contribution >= 4 is 17.6 Å². The van der Waals surface area contributed by atoms with Crippen LogP contribution in [0, 0.1) is 0 Å². The van der Waals surface area contributed by atoms with E-state index in [1.165, 1.54) is 6.92 Å². The van der Waals surface area contributed by atoms with Crippen molar-refractivity contribution < 1.29 is 19.1 Å². The summed E-state index contributed by atoms with van der Waals surface area (Å²) in [6.45, 7) is 4.10. The van der Waals surface area contributed by atoms with E-state index in [2.05, 4.69) is 5.32 Å². The Labute approximate surface area is 141 Å². The number of ether oxygens (including phenoxy) is 2. The monoisotopic (exact) mass is 327 g/mol. The fourth-order valence-electron chi connectivity index (χ4n) is 2.20. The first-order chi connectivity index (χ1) is 11.6. The van der Waals surface area contributed by atoms with Gasteiger partial charge in [0.15, 0.2) is 0 Å². The zero-order chi connectivity index (χ0) is 17.4. The van der Waals surface area contributed by atoms with Gasteiger partial charge in [0.25, 0.3) is 0 Å². The Bertz CT molecular complexity index is 695. The fourth-order valence-corrected chi connectivity index (χ4v) is 2.20. The van der Waals surface area contributed by atoms with E-state index in [0.29, 0.717) is 12.3 Å². The lowest BCUT2D eigenvalue weighted by atomic mass is 10.1. The van der Waals surface area contributed by atoms with E-state index in [4.69, 9.17) is 9.47 Å². The summed E-state index contributed by atoms with van der Waals surface area (Å²) < 4.78 is 10.8. The number of esters is 1. The number of rotatable bonds is 7. The number of anilines is 1. The molecule has 5 heteroatoms. The van der Waals surface area contributed by atoms with E-state index in [9.17, 15) is 9.59 Å². The number of nitrogens with one attached hydrogen (secondary N) is 1. The second kappa shape index (κ2) is 8.72. The second-order valence-corrected chi connectivity index (χ2v) is 5.26.